The van der Waals surface area contributed by atoms with Gasteiger partial charge in [0.05, 0.1) is 15.9 Å². The topological polar surface area (TPSA) is 79.4 Å². The minimum absolute atomic E-state index is 0.212. The molecule has 136 valence electrons. The van der Waals surface area contributed by atoms with Crippen LogP contribution in [0.1, 0.15) is 23.2 Å². The summed E-state index contributed by atoms with van der Waals surface area (Å²) in [4.78, 5) is 42.8. The van der Waals surface area contributed by atoms with Crippen LogP contribution in [0.3, 0.4) is 0 Å². The minimum Gasteiger partial charge on any atom is -0.298 e. The second-order valence-corrected chi connectivity index (χ2v) is 7.89. The lowest BCUT2D eigenvalue weighted by Gasteiger charge is -2.13. The first-order valence-corrected chi connectivity index (χ1v) is 10.3. The van der Waals surface area contributed by atoms with Crippen LogP contribution in [0.15, 0.2) is 47.4 Å². The highest BCUT2D eigenvalue weighted by molar-refractivity contribution is 7.98. The van der Waals surface area contributed by atoms with Crippen LogP contribution in [0, 0.1) is 0 Å². The summed E-state index contributed by atoms with van der Waals surface area (Å²) in [5.74, 6) is -0.711. The number of aromatic nitrogens is 1. The first-order valence-electron chi connectivity index (χ1n) is 8.27. The quantitative estimate of drug-likeness (QED) is 0.533. The van der Waals surface area contributed by atoms with E-state index in [9.17, 15) is 14.4 Å². The van der Waals surface area contributed by atoms with Crippen LogP contribution in [0.4, 0.5) is 10.8 Å². The summed E-state index contributed by atoms with van der Waals surface area (Å²) in [6.45, 7) is 0. The molecular formula is C19H15N3O3S2. The van der Waals surface area contributed by atoms with Crippen LogP contribution < -0.4 is 10.2 Å². The zero-order chi connectivity index (χ0) is 19.0. The number of thioether (sulfide) groups is 1. The summed E-state index contributed by atoms with van der Waals surface area (Å²) < 4.78 is 1.01. The van der Waals surface area contributed by atoms with Gasteiger partial charge < -0.3 is 0 Å². The van der Waals surface area contributed by atoms with Gasteiger partial charge in [-0.05, 0) is 48.7 Å². The lowest BCUT2D eigenvalue weighted by Crippen LogP contribution is -2.28. The number of anilines is 2. The van der Waals surface area contributed by atoms with Crippen molar-refractivity contribution in [3.8, 4) is 0 Å². The van der Waals surface area contributed by atoms with Crippen molar-refractivity contribution >= 4 is 61.9 Å². The van der Waals surface area contributed by atoms with E-state index in [4.69, 9.17) is 0 Å². The van der Waals surface area contributed by atoms with Gasteiger partial charge in [-0.1, -0.05) is 11.3 Å². The molecule has 1 aliphatic heterocycles. The fourth-order valence-corrected chi connectivity index (χ4v) is 4.30. The van der Waals surface area contributed by atoms with Gasteiger partial charge in [-0.2, -0.15) is 0 Å². The van der Waals surface area contributed by atoms with E-state index in [1.165, 1.54) is 16.2 Å². The smallest absolute Gasteiger partial charge is 0.257 e. The van der Waals surface area contributed by atoms with Crippen LogP contribution in [-0.4, -0.2) is 29.0 Å². The Balaban J connectivity index is 1.51. The molecule has 0 unspecified atom stereocenters. The summed E-state index contributed by atoms with van der Waals surface area (Å²) in [5.41, 5.74) is 1.76. The minimum atomic E-state index is -0.287. The number of imide groups is 1. The number of hydrogen-bond donors (Lipinski definition) is 1. The number of carbonyl (C=O) groups is 3. The second kappa shape index (κ2) is 7.13. The number of nitrogens with one attached hydrogen (secondary N) is 1. The molecule has 8 heteroatoms. The standard InChI is InChI=1S/C19H15N3O3S2/c1-26-13-6-7-14-15(10-13)27-19(20-14)21-18(25)11-2-4-12(5-3-11)22-16(23)8-9-17(22)24/h2-7,10H,8-9H2,1H3,(H,20,21,25). The summed E-state index contributed by atoms with van der Waals surface area (Å²) in [5, 5.41) is 3.34. The number of carbonyl (C=O) groups excluding carboxylic acids is 3. The molecule has 0 aliphatic carbocycles. The van der Waals surface area contributed by atoms with Crippen LogP contribution in [0.5, 0.6) is 0 Å². The Kier molecular flexibility index (Phi) is 4.67. The molecule has 0 radical (unpaired) electrons. The Labute approximate surface area is 163 Å². The fraction of sp³-hybridized carbons (Fsp3) is 0.158. The molecule has 1 aromatic heterocycles. The maximum atomic E-state index is 12.5. The second-order valence-electron chi connectivity index (χ2n) is 5.98. The Bertz CT molecular complexity index is 1040. The zero-order valence-electron chi connectivity index (χ0n) is 14.4. The largest absolute Gasteiger partial charge is 0.298 e. The van der Waals surface area contributed by atoms with Gasteiger partial charge in [0.25, 0.3) is 5.91 Å². The van der Waals surface area contributed by atoms with E-state index in [1.54, 1.807) is 36.0 Å². The lowest BCUT2D eigenvalue weighted by molar-refractivity contribution is -0.121. The molecule has 3 amide bonds. The van der Waals surface area contributed by atoms with Crippen molar-refractivity contribution < 1.29 is 14.4 Å². The molecule has 1 saturated heterocycles. The molecule has 2 heterocycles. The Hall–Kier alpha value is -2.71. The summed E-state index contributed by atoms with van der Waals surface area (Å²) in [7, 11) is 0. The average Bonchev–Trinajstić information content (AvgIpc) is 3.23. The van der Waals surface area contributed by atoms with Crippen molar-refractivity contribution in [3.63, 3.8) is 0 Å². The Morgan fingerprint density at radius 2 is 1.81 bits per heavy atom. The summed E-state index contributed by atoms with van der Waals surface area (Å²) >= 11 is 3.08. The highest BCUT2D eigenvalue weighted by Gasteiger charge is 2.30. The van der Waals surface area contributed by atoms with Gasteiger partial charge in [0.1, 0.15) is 0 Å². The highest BCUT2D eigenvalue weighted by atomic mass is 32.2. The monoisotopic (exact) mass is 397 g/mol. The van der Waals surface area contributed by atoms with E-state index >= 15 is 0 Å². The van der Waals surface area contributed by atoms with Gasteiger partial charge in [0.2, 0.25) is 11.8 Å². The van der Waals surface area contributed by atoms with Crippen molar-refractivity contribution in [2.75, 3.05) is 16.5 Å². The summed E-state index contributed by atoms with van der Waals surface area (Å²) in [6, 6.07) is 12.4. The molecule has 0 atom stereocenters. The van der Waals surface area contributed by atoms with Gasteiger partial charge >= 0.3 is 0 Å². The maximum absolute atomic E-state index is 12.5. The van der Waals surface area contributed by atoms with E-state index in [0.717, 1.165) is 15.1 Å². The van der Waals surface area contributed by atoms with Crippen molar-refractivity contribution in [2.45, 2.75) is 17.7 Å². The molecule has 4 rings (SSSR count). The number of hydrogen-bond acceptors (Lipinski definition) is 6. The van der Waals surface area contributed by atoms with E-state index < -0.39 is 0 Å². The molecular weight excluding hydrogens is 382 g/mol. The van der Waals surface area contributed by atoms with Crippen molar-refractivity contribution in [1.82, 2.24) is 4.98 Å². The van der Waals surface area contributed by atoms with E-state index in [2.05, 4.69) is 10.3 Å². The summed E-state index contributed by atoms with van der Waals surface area (Å²) in [6.07, 6.45) is 2.48. The lowest BCUT2D eigenvalue weighted by atomic mass is 10.2. The first kappa shape index (κ1) is 17.7. The third-order valence-electron chi connectivity index (χ3n) is 4.26. The van der Waals surface area contributed by atoms with Crippen LogP contribution >= 0.6 is 23.1 Å². The Morgan fingerprint density at radius 1 is 1.11 bits per heavy atom. The van der Waals surface area contributed by atoms with E-state index in [1.807, 2.05) is 24.5 Å². The van der Waals surface area contributed by atoms with Crippen molar-refractivity contribution in [1.29, 1.82) is 0 Å². The van der Waals surface area contributed by atoms with Gasteiger partial charge in [0, 0.05) is 23.3 Å². The van der Waals surface area contributed by atoms with Crippen LogP contribution in [0.25, 0.3) is 10.2 Å². The molecule has 1 fully saturated rings. The molecule has 0 saturated carbocycles. The number of rotatable bonds is 4. The molecule has 1 N–H and O–H groups in total. The number of benzene rings is 2. The number of fused-ring (bicyclic) bond motifs is 1. The maximum Gasteiger partial charge on any atom is 0.257 e. The molecule has 0 bridgehead atoms. The van der Waals surface area contributed by atoms with E-state index in [0.29, 0.717) is 16.4 Å². The molecule has 0 spiro atoms. The number of nitrogens with zero attached hydrogens (tertiary/aromatic N) is 2. The normalized spacial score (nSPS) is 14.2. The van der Waals surface area contributed by atoms with Gasteiger partial charge in [-0.15, -0.1) is 11.8 Å². The molecule has 3 aromatic rings. The van der Waals surface area contributed by atoms with E-state index in [-0.39, 0.29) is 30.6 Å². The Morgan fingerprint density at radius 3 is 2.48 bits per heavy atom. The third-order valence-corrected chi connectivity index (χ3v) is 5.91. The molecule has 6 nitrogen and oxygen atoms in total. The highest BCUT2D eigenvalue weighted by Crippen LogP contribution is 2.30. The van der Waals surface area contributed by atoms with Crippen molar-refractivity contribution in [2.24, 2.45) is 0 Å². The zero-order valence-corrected chi connectivity index (χ0v) is 16.0. The molecule has 2 aromatic carbocycles. The average molecular weight is 397 g/mol. The van der Waals surface area contributed by atoms with Crippen LogP contribution in [0.2, 0.25) is 0 Å². The fourth-order valence-electron chi connectivity index (χ4n) is 2.88. The first-order chi connectivity index (χ1) is 13.0. The third kappa shape index (κ3) is 3.45. The van der Waals surface area contributed by atoms with Crippen molar-refractivity contribution in [3.05, 3.63) is 48.0 Å². The predicted molar refractivity (Wildman–Crippen MR) is 108 cm³/mol. The number of thiazole rings is 1. The molecule has 1 aliphatic rings. The van der Waals surface area contributed by atoms with Gasteiger partial charge in [0.15, 0.2) is 5.13 Å². The SMILES string of the molecule is CSc1ccc2nc(NC(=O)c3ccc(N4C(=O)CCC4=O)cc3)sc2c1. The van der Waals surface area contributed by atoms with Gasteiger partial charge in [-0.3, -0.25) is 24.6 Å². The predicted octanol–water partition coefficient (Wildman–Crippen LogP) is 3.92. The van der Waals surface area contributed by atoms with Gasteiger partial charge in [-0.25, -0.2) is 4.98 Å². The molecule has 27 heavy (non-hydrogen) atoms. The number of amides is 3. The van der Waals surface area contributed by atoms with Crippen LogP contribution in [-0.2, 0) is 9.59 Å².